The fourth-order valence-corrected chi connectivity index (χ4v) is 3.17. The zero-order valence-corrected chi connectivity index (χ0v) is 15.9. The van der Waals surface area contributed by atoms with E-state index in [1.165, 1.54) is 4.88 Å². The van der Waals surface area contributed by atoms with Gasteiger partial charge in [0.25, 0.3) is 0 Å². The summed E-state index contributed by atoms with van der Waals surface area (Å²) in [5.74, 6) is 0.816. The van der Waals surface area contributed by atoms with Crippen LogP contribution in [0.1, 0.15) is 50.3 Å². The van der Waals surface area contributed by atoms with Crippen LogP contribution in [0.25, 0.3) is 0 Å². The first kappa shape index (κ1) is 18.1. The molecule has 5 heteroatoms. The molecule has 1 rings (SSSR count). The lowest BCUT2D eigenvalue weighted by atomic mass is 10.2. The van der Waals surface area contributed by atoms with Gasteiger partial charge in [0.1, 0.15) is 6.67 Å². The molecule has 1 N–H and O–H groups in total. The summed E-state index contributed by atoms with van der Waals surface area (Å²) in [5, 5.41) is 3.26. The Morgan fingerprint density at radius 2 is 2.14 bits per heavy atom. The molecule has 0 unspecified atom stereocenters. The van der Waals surface area contributed by atoms with Crippen molar-refractivity contribution in [3.05, 3.63) is 32.1 Å². The number of allylic oxidation sites excluding steroid dienone is 2. The summed E-state index contributed by atoms with van der Waals surface area (Å²) < 4.78 is 1.12. The third kappa shape index (κ3) is 6.14. The zero-order chi connectivity index (χ0) is 15.8. The molecule has 1 aromatic heterocycles. The summed E-state index contributed by atoms with van der Waals surface area (Å²) in [6, 6.07) is 2.10. The maximum absolute atomic E-state index is 4.71. The first-order valence-corrected chi connectivity index (χ1v) is 8.80. The standard InChI is InChI=1S/C16H24BrN3S/c1-6-8-12(4)20-16(19-10-18-11(3)7-2)15-9-14(17)13(5)21-15/h7,9,18H,6,8,10H2,1-5H3/b11-7+,19-16-,20-12?. The maximum atomic E-state index is 4.71. The summed E-state index contributed by atoms with van der Waals surface area (Å²) in [7, 11) is 0. The Kier molecular flexibility index (Phi) is 7.89. The van der Waals surface area contributed by atoms with E-state index in [1.54, 1.807) is 11.3 Å². The van der Waals surface area contributed by atoms with Crippen LogP contribution in [0.5, 0.6) is 0 Å². The fourth-order valence-electron chi connectivity index (χ4n) is 1.68. The van der Waals surface area contributed by atoms with Crippen LogP contribution < -0.4 is 5.32 Å². The summed E-state index contributed by atoms with van der Waals surface area (Å²) >= 11 is 5.29. The minimum atomic E-state index is 0.545. The van der Waals surface area contributed by atoms with Crippen molar-refractivity contribution in [2.45, 2.75) is 47.5 Å². The predicted octanol–water partition coefficient (Wildman–Crippen LogP) is 5.30. The average Bonchev–Trinajstić information content (AvgIpc) is 2.77. The van der Waals surface area contributed by atoms with E-state index in [0.717, 1.165) is 39.4 Å². The van der Waals surface area contributed by atoms with Gasteiger partial charge in [-0.15, -0.1) is 11.3 Å². The molecule has 0 atom stereocenters. The Bertz CT molecular complexity index is 536. The number of halogens is 1. The van der Waals surface area contributed by atoms with E-state index in [1.807, 2.05) is 19.9 Å². The molecule has 0 fully saturated rings. The lowest BCUT2D eigenvalue weighted by Crippen LogP contribution is -2.13. The van der Waals surface area contributed by atoms with Gasteiger partial charge in [0.15, 0.2) is 5.84 Å². The lowest BCUT2D eigenvalue weighted by Gasteiger charge is -2.05. The van der Waals surface area contributed by atoms with E-state index in [4.69, 9.17) is 4.99 Å². The number of nitrogens with one attached hydrogen (secondary N) is 1. The first-order valence-electron chi connectivity index (χ1n) is 7.19. The number of nitrogens with zero attached hydrogens (tertiary/aromatic N) is 2. The molecule has 0 bridgehead atoms. The lowest BCUT2D eigenvalue weighted by molar-refractivity contribution is 0.825. The van der Waals surface area contributed by atoms with Gasteiger partial charge in [0.05, 0.1) is 4.88 Å². The average molecular weight is 370 g/mol. The smallest absolute Gasteiger partial charge is 0.166 e. The van der Waals surface area contributed by atoms with Gasteiger partial charge < -0.3 is 5.32 Å². The van der Waals surface area contributed by atoms with E-state index in [2.05, 4.69) is 53.1 Å². The minimum absolute atomic E-state index is 0.545. The van der Waals surface area contributed by atoms with Gasteiger partial charge in [-0.05, 0) is 56.1 Å². The normalized spacial score (nSPS) is 13.7. The van der Waals surface area contributed by atoms with Crippen molar-refractivity contribution in [1.82, 2.24) is 5.32 Å². The van der Waals surface area contributed by atoms with Crippen LogP contribution in [-0.2, 0) is 0 Å². The van der Waals surface area contributed by atoms with Crippen molar-refractivity contribution in [1.29, 1.82) is 0 Å². The molecule has 0 radical (unpaired) electrons. The molecule has 0 saturated heterocycles. The van der Waals surface area contributed by atoms with Crippen LogP contribution in [0.4, 0.5) is 0 Å². The first-order chi connectivity index (χ1) is 9.97. The number of hydrogen-bond acceptors (Lipinski definition) is 3. The van der Waals surface area contributed by atoms with Crippen LogP contribution >= 0.6 is 27.3 Å². The number of aliphatic imine (C=N–C) groups is 2. The van der Waals surface area contributed by atoms with Gasteiger partial charge in [-0.2, -0.15) is 0 Å². The molecule has 0 aliphatic heterocycles. The molecule has 0 amide bonds. The Morgan fingerprint density at radius 1 is 1.43 bits per heavy atom. The van der Waals surface area contributed by atoms with Gasteiger partial charge in [-0.25, -0.2) is 9.98 Å². The predicted molar refractivity (Wildman–Crippen MR) is 98.7 cm³/mol. The SMILES string of the molecule is C/C=C(\C)NC/N=C(\N=C(C)CCC)c1cc(Br)c(C)s1. The Morgan fingerprint density at radius 3 is 2.67 bits per heavy atom. The van der Waals surface area contributed by atoms with Gasteiger partial charge in [-0.3, -0.25) is 0 Å². The quantitative estimate of drug-likeness (QED) is 0.536. The molecule has 1 heterocycles. The molecule has 3 nitrogen and oxygen atoms in total. The zero-order valence-electron chi connectivity index (χ0n) is 13.5. The fraction of sp³-hybridized carbons (Fsp3) is 0.500. The molecule has 116 valence electrons. The second kappa shape index (κ2) is 9.15. The molecule has 1 aromatic rings. The Labute approximate surface area is 140 Å². The summed E-state index contributed by atoms with van der Waals surface area (Å²) in [6.07, 6.45) is 4.14. The van der Waals surface area contributed by atoms with Crippen molar-refractivity contribution in [2.75, 3.05) is 6.67 Å². The van der Waals surface area contributed by atoms with Crippen molar-refractivity contribution >= 4 is 38.8 Å². The van der Waals surface area contributed by atoms with Gasteiger partial charge in [-0.1, -0.05) is 19.4 Å². The number of thiophene rings is 1. The van der Waals surface area contributed by atoms with Crippen molar-refractivity contribution in [3.63, 3.8) is 0 Å². The summed E-state index contributed by atoms with van der Waals surface area (Å²) in [6.45, 7) is 10.9. The molecule has 0 aliphatic rings. The molecule has 0 saturated carbocycles. The largest absolute Gasteiger partial charge is 0.370 e. The highest BCUT2D eigenvalue weighted by Gasteiger charge is 2.09. The Hall–Kier alpha value is -0.940. The van der Waals surface area contributed by atoms with Gasteiger partial charge in [0.2, 0.25) is 0 Å². The molecular weight excluding hydrogens is 346 g/mol. The molecule has 21 heavy (non-hydrogen) atoms. The molecule has 0 spiro atoms. The highest BCUT2D eigenvalue weighted by Crippen LogP contribution is 2.27. The molecule has 0 aromatic carbocycles. The number of hydrogen-bond donors (Lipinski definition) is 1. The minimum Gasteiger partial charge on any atom is -0.370 e. The van der Waals surface area contributed by atoms with E-state index in [9.17, 15) is 0 Å². The van der Waals surface area contributed by atoms with Crippen LogP contribution in [0, 0.1) is 6.92 Å². The van der Waals surface area contributed by atoms with E-state index in [0.29, 0.717) is 6.67 Å². The van der Waals surface area contributed by atoms with E-state index >= 15 is 0 Å². The van der Waals surface area contributed by atoms with E-state index in [-0.39, 0.29) is 0 Å². The molecule has 0 aliphatic carbocycles. The highest BCUT2D eigenvalue weighted by atomic mass is 79.9. The number of rotatable bonds is 6. The number of aryl methyl sites for hydroxylation is 1. The van der Waals surface area contributed by atoms with Crippen LogP contribution in [0.15, 0.2) is 32.3 Å². The highest BCUT2D eigenvalue weighted by molar-refractivity contribution is 9.10. The number of amidine groups is 1. The topological polar surface area (TPSA) is 36.8 Å². The summed E-state index contributed by atoms with van der Waals surface area (Å²) in [4.78, 5) is 11.7. The van der Waals surface area contributed by atoms with Crippen LogP contribution in [-0.4, -0.2) is 18.2 Å². The van der Waals surface area contributed by atoms with Crippen LogP contribution in [0.3, 0.4) is 0 Å². The van der Waals surface area contributed by atoms with Gasteiger partial charge >= 0.3 is 0 Å². The second-order valence-electron chi connectivity index (χ2n) is 4.90. The Balaban J connectivity index is 2.99. The third-order valence-corrected chi connectivity index (χ3v) is 5.14. The van der Waals surface area contributed by atoms with Crippen LogP contribution in [0.2, 0.25) is 0 Å². The van der Waals surface area contributed by atoms with Gasteiger partial charge in [0, 0.05) is 20.8 Å². The van der Waals surface area contributed by atoms with Crippen molar-refractivity contribution in [2.24, 2.45) is 9.98 Å². The summed E-state index contributed by atoms with van der Waals surface area (Å²) in [5.41, 5.74) is 2.25. The monoisotopic (exact) mass is 369 g/mol. The third-order valence-electron chi connectivity index (χ3n) is 3.01. The second-order valence-corrected chi connectivity index (χ2v) is 7.01. The van der Waals surface area contributed by atoms with E-state index < -0.39 is 0 Å². The maximum Gasteiger partial charge on any atom is 0.166 e. The molecular formula is C16H24BrN3S. The van der Waals surface area contributed by atoms with Crippen molar-refractivity contribution < 1.29 is 0 Å². The van der Waals surface area contributed by atoms with Crippen molar-refractivity contribution in [3.8, 4) is 0 Å².